The summed E-state index contributed by atoms with van der Waals surface area (Å²) in [6.07, 6.45) is 0. The number of H-pyrrole nitrogens is 2. The van der Waals surface area contributed by atoms with Crippen molar-refractivity contribution in [2.24, 2.45) is 0 Å². The van der Waals surface area contributed by atoms with E-state index < -0.39 is 10.4 Å². The molecular formula is C5H8N6O5S. The number of nitrogen functional groups attached to an aromatic ring is 2. The number of imidazole rings is 1. The van der Waals surface area contributed by atoms with Crippen LogP contribution in [0.3, 0.4) is 0 Å². The van der Waals surface area contributed by atoms with E-state index in [9.17, 15) is 4.79 Å². The molecule has 0 radical (unpaired) electrons. The van der Waals surface area contributed by atoms with Crippen molar-refractivity contribution in [2.45, 2.75) is 0 Å². The largest absolute Gasteiger partial charge is 0.394 e. The molecule has 2 aromatic heterocycles. The molecule has 2 aromatic rings. The fraction of sp³-hybridized carbons (Fsp3) is 0. The van der Waals surface area contributed by atoms with Gasteiger partial charge in [-0.25, -0.2) is 4.79 Å². The van der Waals surface area contributed by atoms with Gasteiger partial charge in [0.1, 0.15) is 5.52 Å². The lowest BCUT2D eigenvalue weighted by Gasteiger charge is -1.94. The Morgan fingerprint density at radius 1 is 1.12 bits per heavy atom. The normalized spacial score (nSPS) is 10.9. The van der Waals surface area contributed by atoms with Crippen LogP contribution in [0.25, 0.3) is 11.2 Å². The second-order valence-electron chi connectivity index (χ2n) is 2.72. The molecule has 0 bridgehead atoms. The van der Waals surface area contributed by atoms with Crippen LogP contribution in [0.15, 0.2) is 4.79 Å². The highest BCUT2D eigenvalue weighted by molar-refractivity contribution is 7.79. The lowest BCUT2D eigenvalue weighted by Crippen LogP contribution is -2.00. The van der Waals surface area contributed by atoms with E-state index in [2.05, 4.69) is 19.9 Å². The number of aromatic amines is 2. The summed E-state index contributed by atoms with van der Waals surface area (Å²) in [5.41, 5.74) is 11.1. The maximum atomic E-state index is 10.8. The highest BCUT2D eigenvalue weighted by Crippen LogP contribution is 2.11. The topological polar surface area (TPSA) is 201 Å². The van der Waals surface area contributed by atoms with E-state index in [0.29, 0.717) is 11.2 Å². The van der Waals surface area contributed by atoms with E-state index in [-0.39, 0.29) is 17.5 Å². The SMILES string of the molecule is Nc1nc(N)c2[nH]c(=O)[nH]c2n1.O=S(=O)(O)O. The number of nitrogens with two attached hydrogens (primary N) is 2. The van der Waals surface area contributed by atoms with E-state index in [1.165, 1.54) is 0 Å². The zero-order chi connectivity index (χ0) is 13.2. The molecule has 12 heteroatoms. The summed E-state index contributed by atoms with van der Waals surface area (Å²) in [4.78, 5) is 23.1. The number of nitrogens with one attached hydrogen (secondary N) is 2. The summed E-state index contributed by atoms with van der Waals surface area (Å²) in [6, 6.07) is 0. The Hall–Kier alpha value is -2.18. The summed E-state index contributed by atoms with van der Waals surface area (Å²) in [5.74, 6) is 0.200. The lowest BCUT2D eigenvalue weighted by atomic mass is 10.5. The molecule has 0 aliphatic heterocycles. The first-order chi connectivity index (χ1) is 7.66. The number of fused-ring (bicyclic) bond motifs is 1. The molecule has 0 fully saturated rings. The Balaban J connectivity index is 0.000000249. The Morgan fingerprint density at radius 3 is 2.18 bits per heavy atom. The minimum Gasteiger partial charge on any atom is -0.382 e. The average molecular weight is 264 g/mol. The van der Waals surface area contributed by atoms with Crippen molar-refractivity contribution in [2.75, 3.05) is 11.5 Å². The zero-order valence-electron chi connectivity index (χ0n) is 8.08. The van der Waals surface area contributed by atoms with E-state index in [4.69, 9.17) is 29.0 Å². The fourth-order valence-corrected chi connectivity index (χ4v) is 0.962. The van der Waals surface area contributed by atoms with Gasteiger partial charge in [-0.1, -0.05) is 0 Å². The number of nitrogens with zero attached hydrogens (tertiary/aromatic N) is 2. The van der Waals surface area contributed by atoms with Crippen molar-refractivity contribution >= 4 is 33.3 Å². The number of hydrogen-bond donors (Lipinski definition) is 6. The smallest absolute Gasteiger partial charge is 0.382 e. The van der Waals surface area contributed by atoms with E-state index >= 15 is 0 Å². The Kier molecular flexibility index (Phi) is 3.31. The highest BCUT2D eigenvalue weighted by Gasteiger charge is 2.05. The third-order valence-electron chi connectivity index (χ3n) is 1.42. The second-order valence-corrected chi connectivity index (χ2v) is 3.61. The monoisotopic (exact) mass is 264 g/mol. The predicted molar refractivity (Wildman–Crippen MR) is 57.5 cm³/mol. The van der Waals surface area contributed by atoms with Crippen molar-refractivity contribution in [1.82, 2.24) is 19.9 Å². The maximum Gasteiger partial charge on any atom is 0.394 e. The molecule has 0 unspecified atom stereocenters. The molecular weight excluding hydrogens is 256 g/mol. The van der Waals surface area contributed by atoms with Crippen LogP contribution in [-0.2, 0) is 10.4 Å². The second kappa shape index (κ2) is 4.36. The van der Waals surface area contributed by atoms with Crippen molar-refractivity contribution in [3.63, 3.8) is 0 Å². The summed E-state index contributed by atoms with van der Waals surface area (Å²) >= 11 is 0. The van der Waals surface area contributed by atoms with Crippen LogP contribution in [0.5, 0.6) is 0 Å². The molecule has 0 spiro atoms. The van der Waals surface area contributed by atoms with Crippen molar-refractivity contribution in [3.05, 3.63) is 10.5 Å². The minimum absolute atomic E-state index is 0.0373. The lowest BCUT2D eigenvalue weighted by molar-refractivity contribution is 0.381. The van der Waals surface area contributed by atoms with Crippen molar-refractivity contribution < 1.29 is 17.5 Å². The molecule has 0 aliphatic rings. The van der Waals surface area contributed by atoms with Gasteiger partial charge in [-0.05, 0) is 0 Å². The Labute approximate surface area is 93.5 Å². The first kappa shape index (κ1) is 12.9. The van der Waals surface area contributed by atoms with Crippen LogP contribution < -0.4 is 17.2 Å². The van der Waals surface area contributed by atoms with Gasteiger partial charge >= 0.3 is 16.1 Å². The summed E-state index contributed by atoms with van der Waals surface area (Å²) < 4.78 is 31.6. The van der Waals surface area contributed by atoms with Gasteiger partial charge in [0.05, 0.1) is 0 Å². The van der Waals surface area contributed by atoms with Crippen LogP contribution in [0.2, 0.25) is 0 Å². The van der Waals surface area contributed by atoms with Crippen LogP contribution in [-0.4, -0.2) is 37.5 Å². The molecule has 17 heavy (non-hydrogen) atoms. The molecule has 0 aliphatic carbocycles. The van der Waals surface area contributed by atoms with Crippen LogP contribution >= 0.6 is 0 Å². The molecule has 0 amide bonds. The Morgan fingerprint density at radius 2 is 1.65 bits per heavy atom. The van der Waals surface area contributed by atoms with Crippen LogP contribution in [0, 0.1) is 0 Å². The molecule has 8 N–H and O–H groups in total. The van der Waals surface area contributed by atoms with Gasteiger partial charge in [0.25, 0.3) is 0 Å². The minimum atomic E-state index is -4.67. The molecule has 0 atom stereocenters. The third kappa shape index (κ3) is 4.06. The predicted octanol–water partition coefficient (Wildman–Crippen LogP) is -1.84. The third-order valence-corrected chi connectivity index (χ3v) is 1.42. The van der Waals surface area contributed by atoms with Gasteiger partial charge in [-0.3, -0.25) is 14.1 Å². The van der Waals surface area contributed by atoms with Gasteiger partial charge in [0.15, 0.2) is 11.5 Å². The van der Waals surface area contributed by atoms with Crippen molar-refractivity contribution in [1.29, 1.82) is 0 Å². The average Bonchev–Trinajstić information content (AvgIpc) is 2.42. The first-order valence-corrected chi connectivity index (χ1v) is 5.27. The van der Waals surface area contributed by atoms with Gasteiger partial charge in [0, 0.05) is 0 Å². The van der Waals surface area contributed by atoms with E-state index in [0.717, 1.165) is 0 Å². The zero-order valence-corrected chi connectivity index (χ0v) is 8.89. The Bertz CT molecular complexity index is 678. The number of aromatic nitrogens is 4. The van der Waals surface area contributed by atoms with Gasteiger partial charge < -0.3 is 16.5 Å². The fourth-order valence-electron chi connectivity index (χ4n) is 0.962. The molecule has 94 valence electrons. The molecule has 11 nitrogen and oxygen atoms in total. The summed E-state index contributed by atoms with van der Waals surface area (Å²) in [7, 11) is -4.67. The van der Waals surface area contributed by atoms with Crippen molar-refractivity contribution in [3.8, 4) is 0 Å². The molecule has 2 rings (SSSR count). The molecule has 0 saturated heterocycles. The standard InChI is InChI=1S/C5H6N6O.H2O4S/c6-2-1-3(10-4(7)9-2)11-5(12)8-1;1-5(2,3)4/h(H6,6,7,8,9,10,11,12);(H2,1,2,3,4). The number of hydrogen-bond acceptors (Lipinski definition) is 7. The van der Waals surface area contributed by atoms with Gasteiger partial charge in [0.2, 0.25) is 5.95 Å². The molecule has 2 heterocycles. The highest BCUT2D eigenvalue weighted by atomic mass is 32.3. The van der Waals surface area contributed by atoms with E-state index in [1.807, 2.05) is 0 Å². The van der Waals surface area contributed by atoms with Gasteiger partial charge in [-0.15, -0.1) is 0 Å². The molecule has 0 aromatic carbocycles. The van der Waals surface area contributed by atoms with E-state index in [1.54, 1.807) is 0 Å². The molecule has 0 saturated carbocycles. The first-order valence-electron chi connectivity index (χ1n) is 3.87. The summed E-state index contributed by atoms with van der Waals surface area (Å²) in [5, 5.41) is 0. The maximum absolute atomic E-state index is 10.8. The summed E-state index contributed by atoms with van der Waals surface area (Å²) in [6.45, 7) is 0. The number of rotatable bonds is 0. The number of anilines is 2. The van der Waals surface area contributed by atoms with Crippen LogP contribution in [0.4, 0.5) is 11.8 Å². The van der Waals surface area contributed by atoms with Gasteiger partial charge in [-0.2, -0.15) is 18.4 Å². The quantitative estimate of drug-likeness (QED) is 0.295. The van der Waals surface area contributed by atoms with Crippen LogP contribution in [0.1, 0.15) is 0 Å².